The first-order valence-electron chi connectivity index (χ1n) is 11.3. The number of nitrogens with zero attached hydrogens (tertiary/aromatic N) is 2. The van der Waals surface area contributed by atoms with Crippen molar-refractivity contribution in [3.63, 3.8) is 0 Å². The van der Waals surface area contributed by atoms with Gasteiger partial charge in [0.05, 0.1) is 7.11 Å². The molecule has 9 heteroatoms. The van der Waals surface area contributed by atoms with Crippen LogP contribution in [-0.2, 0) is 9.53 Å². The molecule has 0 unspecified atom stereocenters. The zero-order valence-corrected chi connectivity index (χ0v) is 20.2. The summed E-state index contributed by atoms with van der Waals surface area (Å²) in [5, 5.41) is 0. The quantitative estimate of drug-likeness (QED) is 0.358. The first-order valence-corrected chi connectivity index (χ1v) is 11.3. The molecular weight excluding hydrogens is 467 g/mol. The van der Waals surface area contributed by atoms with Crippen molar-refractivity contribution in [1.29, 1.82) is 0 Å². The first-order chi connectivity index (χ1) is 17.2. The van der Waals surface area contributed by atoms with Crippen molar-refractivity contribution in [3.05, 3.63) is 104 Å². The van der Waals surface area contributed by atoms with Crippen LogP contribution in [0.2, 0.25) is 0 Å². The highest BCUT2D eigenvalue weighted by Gasteiger charge is 2.30. The topological polar surface area (TPSA) is 101 Å². The average Bonchev–Trinajstić information content (AvgIpc) is 2.86. The van der Waals surface area contributed by atoms with Gasteiger partial charge >= 0.3 is 11.7 Å². The van der Waals surface area contributed by atoms with Crippen LogP contribution in [0.15, 0.2) is 74.8 Å². The number of carbonyl (C=O) groups excluding carboxylic acids is 1. The van der Waals surface area contributed by atoms with Gasteiger partial charge in [-0.05, 0) is 43.5 Å². The monoisotopic (exact) mass is 492 g/mol. The van der Waals surface area contributed by atoms with Gasteiger partial charge in [-0.15, -0.1) is 0 Å². The van der Waals surface area contributed by atoms with Gasteiger partial charge in [-0.1, -0.05) is 42.5 Å². The lowest BCUT2D eigenvalue weighted by Gasteiger charge is -2.27. The summed E-state index contributed by atoms with van der Waals surface area (Å²) in [6.45, 7) is 4.74. The highest BCUT2D eigenvalue weighted by Crippen LogP contribution is 2.31. The number of carbonyl (C=O) groups is 1. The Morgan fingerprint density at radius 3 is 2.44 bits per heavy atom. The number of hydrogen-bond donors (Lipinski definition) is 0. The number of pyridine rings is 1. The molecule has 2 aromatic heterocycles. The van der Waals surface area contributed by atoms with Gasteiger partial charge in [0.25, 0.3) is 5.56 Å². The van der Waals surface area contributed by atoms with E-state index in [0.29, 0.717) is 10.1 Å². The second kappa shape index (κ2) is 10.2. The van der Waals surface area contributed by atoms with Gasteiger partial charge in [0.2, 0.25) is 5.58 Å². The second-order valence-corrected chi connectivity index (χ2v) is 8.45. The van der Waals surface area contributed by atoms with Crippen molar-refractivity contribution in [1.82, 2.24) is 9.55 Å². The third kappa shape index (κ3) is 4.64. The molecule has 0 aliphatic heterocycles. The number of aromatic nitrogens is 2. The lowest BCUT2D eigenvalue weighted by atomic mass is 9.86. The number of ether oxygens (including phenoxy) is 2. The van der Waals surface area contributed by atoms with E-state index in [1.54, 1.807) is 26.0 Å². The summed E-state index contributed by atoms with van der Waals surface area (Å²) in [7, 11) is 1.37. The van der Waals surface area contributed by atoms with Gasteiger partial charge in [0.15, 0.2) is 11.3 Å². The minimum absolute atomic E-state index is 0.101. The van der Waals surface area contributed by atoms with E-state index in [1.165, 1.54) is 32.4 Å². The molecule has 0 saturated carbocycles. The molecule has 36 heavy (non-hydrogen) atoms. The maximum Gasteiger partial charge on any atom is 0.423 e. The van der Waals surface area contributed by atoms with Crippen molar-refractivity contribution in [2.75, 3.05) is 7.11 Å². The van der Waals surface area contributed by atoms with Crippen LogP contribution in [0, 0.1) is 12.7 Å². The van der Waals surface area contributed by atoms with Crippen LogP contribution in [0.1, 0.15) is 42.5 Å². The lowest BCUT2D eigenvalue weighted by Crippen LogP contribution is -2.40. The molecule has 8 nitrogen and oxygen atoms in total. The van der Waals surface area contributed by atoms with Crippen LogP contribution >= 0.6 is 0 Å². The summed E-state index contributed by atoms with van der Waals surface area (Å²) in [6, 6.07) is 14.3. The fourth-order valence-corrected chi connectivity index (χ4v) is 4.22. The molecule has 186 valence electrons. The number of halogens is 1. The van der Waals surface area contributed by atoms with Crippen LogP contribution in [0.5, 0.6) is 5.75 Å². The fraction of sp³-hybridized carbons (Fsp3) is 0.259. The van der Waals surface area contributed by atoms with Crippen molar-refractivity contribution in [3.8, 4) is 5.75 Å². The summed E-state index contributed by atoms with van der Waals surface area (Å²) in [5.41, 5.74) is 1.03. The van der Waals surface area contributed by atoms with E-state index in [0.717, 1.165) is 11.1 Å². The number of esters is 1. The van der Waals surface area contributed by atoms with E-state index < -0.39 is 35.3 Å². The van der Waals surface area contributed by atoms with Crippen molar-refractivity contribution >= 4 is 17.1 Å². The summed E-state index contributed by atoms with van der Waals surface area (Å²) < 4.78 is 30.7. The number of benzene rings is 2. The number of fused-ring (bicyclic) bond motifs is 1. The van der Waals surface area contributed by atoms with Gasteiger partial charge in [-0.3, -0.25) is 4.79 Å². The third-order valence-corrected chi connectivity index (χ3v) is 6.10. The average molecular weight is 493 g/mol. The molecule has 0 bridgehead atoms. The van der Waals surface area contributed by atoms with Crippen LogP contribution in [-0.4, -0.2) is 28.7 Å². The fourth-order valence-electron chi connectivity index (χ4n) is 4.22. The van der Waals surface area contributed by atoms with Gasteiger partial charge < -0.3 is 13.9 Å². The van der Waals surface area contributed by atoms with E-state index in [-0.39, 0.29) is 22.7 Å². The van der Waals surface area contributed by atoms with Crippen LogP contribution in [0.25, 0.3) is 11.1 Å². The Bertz CT molecular complexity index is 1530. The zero-order valence-electron chi connectivity index (χ0n) is 20.2. The summed E-state index contributed by atoms with van der Waals surface area (Å²) in [5.74, 6) is -2.43. The van der Waals surface area contributed by atoms with E-state index >= 15 is 0 Å². The normalized spacial score (nSPS) is 13.7. The largest absolute Gasteiger partial charge is 0.493 e. The number of aryl methyl sites for hydroxylation is 1. The van der Waals surface area contributed by atoms with Gasteiger partial charge in [0, 0.05) is 18.2 Å². The molecule has 2 aromatic carbocycles. The molecule has 0 N–H and O–H groups in total. The summed E-state index contributed by atoms with van der Waals surface area (Å²) in [6.07, 6.45) is 0.626. The Kier molecular flexibility index (Phi) is 7.00. The lowest BCUT2D eigenvalue weighted by molar-refractivity contribution is -0.152. The molecule has 0 fully saturated rings. The highest BCUT2D eigenvalue weighted by molar-refractivity contribution is 5.78. The maximum absolute atomic E-state index is 13.9. The van der Waals surface area contributed by atoms with Crippen LogP contribution < -0.4 is 16.1 Å². The van der Waals surface area contributed by atoms with E-state index in [1.807, 2.05) is 30.3 Å². The molecular formula is C27H25FN2O6. The molecule has 4 aromatic rings. The third-order valence-electron chi connectivity index (χ3n) is 6.10. The molecule has 2 heterocycles. The highest BCUT2D eigenvalue weighted by atomic mass is 19.1. The molecule has 3 atom stereocenters. The second-order valence-electron chi connectivity index (χ2n) is 8.45. The minimum Gasteiger partial charge on any atom is -0.493 e. The molecule has 0 amide bonds. The Labute approximate surface area is 205 Å². The van der Waals surface area contributed by atoms with Gasteiger partial charge in [0.1, 0.15) is 18.0 Å². The maximum atomic E-state index is 13.9. The van der Waals surface area contributed by atoms with Crippen molar-refractivity contribution in [2.24, 2.45) is 0 Å². The van der Waals surface area contributed by atoms with Crippen LogP contribution in [0.4, 0.5) is 4.39 Å². The Balaban J connectivity index is 1.68. The number of methoxy groups -OCH3 is 1. The SMILES string of the molecule is COc1ccnc2c(=O)n([C@@H](C)C(=O)O[C@@H](C)[C@@H](c3ccccc3)c3ccc(F)c(C)c3)c(=O)oc12. The Morgan fingerprint density at radius 2 is 1.78 bits per heavy atom. The molecule has 0 spiro atoms. The number of rotatable bonds is 7. The van der Waals surface area contributed by atoms with E-state index in [4.69, 9.17) is 13.9 Å². The summed E-state index contributed by atoms with van der Waals surface area (Å²) in [4.78, 5) is 42.8. The zero-order chi connectivity index (χ0) is 26.0. The summed E-state index contributed by atoms with van der Waals surface area (Å²) >= 11 is 0. The van der Waals surface area contributed by atoms with Crippen molar-refractivity contribution in [2.45, 2.75) is 38.8 Å². The molecule has 0 aliphatic rings. The standard InChI is InChI=1S/C27H25FN2O6/c1-15-14-19(10-11-20(15)28)22(18-8-6-5-7-9-18)17(3)35-26(32)16(2)30-25(31)23-24(36-27(30)33)21(34-4)12-13-29-23/h5-14,16-17,22H,1-4H3/t16-,17-,22-/m0/s1. The molecule has 0 saturated heterocycles. The molecule has 0 aliphatic carbocycles. The van der Waals surface area contributed by atoms with Crippen molar-refractivity contribution < 1.29 is 23.1 Å². The Morgan fingerprint density at radius 1 is 1.06 bits per heavy atom. The first kappa shape index (κ1) is 24.8. The predicted octanol–water partition coefficient (Wildman–Crippen LogP) is 4.13. The predicted molar refractivity (Wildman–Crippen MR) is 131 cm³/mol. The van der Waals surface area contributed by atoms with Gasteiger partial charge in [-0.25, -0.2) is 23.5 Å². The Hall–Kier alpha value is -4.27. The molecule has 4 rings (SSSR count). The number of hydrogen-bond acceptors (Lipinski definition) is 7. The van der Waals surface area contributed by atoms with E-state index in [9.17, 15) is 18.8 Å². The van der Waals surface area contributed by atoms with Crippen LogP contribution in [0.3, 0.4) is 0 Å². The minimum atomic E-state index is -1.29. The van der Waals surface area contributed by atoms with E-state index in [2.05, 4.69) is 4.98 Å². The molecule has 0 radical (unpaired) electrons. The van der Waals surface area contributed by atoms with Gasteiger partial charge in [-0.2, -0.15) is 0 Å². The smallest absolute Gasteiger partial charge is 0.423 e.